The van der Waals surface area contributed by atoms with E-state index in [0.29, 0.717) is 5.92 Å². The maximum absolute atomic E-state index is 10.7. The second-order valence-corrected chi connectivity index (χ2v) is 7.91. The molecule has 4 bridgehead atoms. The first-order valence-electron chi connectivity index (χ1n) is 8.40. The van der Waals surface area contributed by atoms with Gasteiger partial charge in [0.05, 0.1) is 5.60 Å². The number of hydrogen-bond donors (Lipinski definition) is 1. The fourth-order valence-electron chi connectivity index (χ4n) is 5.80. The summed E-state index contributed by atoms with van der Waals surface area (Å²) in [6.07, 6.45) is 7.39. The molecule has 4 aliphatic carbocycles. The van der Waals surface area contributed by atoms with Crippen molar-refractivity contribution in [2.24, 2.45) is 23.7 Å². The Kier molecular flexibility index (Phi) is 2.96. The average Bonchev–Trinajstić information content (AvgIpc) is 2.42. The van der Waals surface area contributed by atoms with E-state index in [2.05, 4.69) is 37.3 Å². The molecule has 5 rings (SSSR count). The van der Waals surface area contributed by atoms with Crippen LogP contribution < -0.4 is 0 Å². The van der Waals surface area contributed by atoms with Crippen LogP contribution in [0.4, 0.5) is 0 Å². The van der Waals surface area contributed by atoms with Crippen molar-refractivity contribution in [3.63, 3.8) is 0 Å². The first-order chi connectivity index (χ1) is 9.63. The van der Waals surface area contributed by atoms with E-state index in [-0.39, 0.29) is 5.60 Å². The van der Waals surface area contributed by atoms with E-state index < -0.39 is 0 Å². The van der Waals surface area contributed by atoms with Crippen molar-refractivity contribution in [3.8, 4) is 0 Å². The second kappa shape index (κ2) is 4.59. The lowest BCUT2D eigenvalue weighted by molar-refractivity contribution is -0.153. The Morgan fingerprint density at radius 2 is 1.75 bits per heavy atom. The van der Waals surface area contributed by atoms with E-state index in [4.69, 9.17) is 0 Å². The van der Waals surface area contributed by atoms with E-state index in [1.165, 1.54) is 24.8 Å². The summed E-state index contributed by atoms with van der Waals surface area (Å²) in [5.74, 6) is 3.96. The van der Waals surface area contributed by atoms with E-state index in [1.807, 2.05) is 0 Å². The van der Waals surface area contributed by atoms with Gasteiger partial charge in [-0.3, -0.25) is 0 Å². The zero-order chi connectivity index (χ0) is 13.7. The van der Waals surface area contributed by atoms with Crippen LogP contribution in [0.5, 0.6) is 0 Å². The highest BCUT2D eigenvalue weighted by atomic mass is 16.3. The predicted octanol–water partition coefficient (Wildman–Crippen LogP) is 4.37. The predicted molar refractivity (Wildman–Crippen MR) is 81.5 cm³/mol. The molecule has 0 heterocycles. The fraction of sp³-hybridized carbons (Fsp3) is 0.684. The molecule has 0 aromatic heterocycles. The third kappa shape index (κ3) is 2.11. The Hall–Kier alpha value is -0.820. The van der Waals surface area contributed by atoms with Crippen LogP contribution in [0.3, 0.4) is 0 Å². The van der Waals surface area contributed by atoms with Crippen LogP contribution in [-0.2, 0) is 0 Å². The molecular formula is C19H26O. The molecule has 0 spiro atoms. The zero-order valence-corrected chi connectivity index (χ0v) is 12.5. The summed E-state index contributed by atoms with van der Waals surface area (Å²) >= 11 is 0. The van der Waals surface area contributed by atoms with Crippen molar-refractivity contribution in [2.75, 3.05) is 0 Å². The van der Waals surface area contributed by atoms with Crippen LogP contribution in [0.15, 0.2) is 30.3 Å². The van der Waals surface area contributed by atoms with Gasteiger partial charge < -0.3 is 5.11 Å². The first kappa shape index (κ1) is 12.9. The molecule has 0 radical (unpaired) electrons. The number of hydrogen-bond acceptors (Lipinski definition) is 1. The van der Waals surface area contributed by atoms with Gasteiger partial charge in [0.1, 0.15) is 0 Å². The minimum absolute atomic E-state index is 0.275. The lowest BCUT2D eigenvalue weighted by atomic mass is 9.49. The summed E-state index contributed by atoms with van der Waals surface area (Å²) in [4.78, 5) is 0. The molecule has 1 aromatic rings. The van der Waals surface area contributed by atoms with Crippen LogP contribution in [-0.4, -0.2) is 10.7 Å². The normalized spacial score (nSPS) is 43.7. The van der Waals surface area contributed by atoms with Gasteiger partial charge in [-0.1, -0.05) is 37.3 Å². The van der Waals surface area contributed by atoms with Gasteiger partial charge in [-0.05, 0) is 73.7 Å². The van der Waals surface area contributed by atoms with Crippen LogP contribution in [0.1, 0.15) is 56.9 Å². The van der Waals surface area contributed by atoms with Crippen LogP contribution >= 0.6 is 0 Å². The molecule has 3 atom stereocenters. The van der Waals surface area contributed by atoms with E-state index in [9.17, 15) is 5.11 Å². The third-order valence-corrected chi connectivity index (χ3v) is 6.43. The van der Waals surface area contributed by atoms with E-state index in [1.54, 1.807) is 0 Å². The molecule has 108 valence electrons. The quantitative estimate of drug-likeness (QED) is 0.865. The Balaban J connectivity index is 1.50. The van der Waals surface area contributed by atoms with Crippen molar-refractivity contribution in [2.45, 2.75) is 57.0 Å². The highest BCUT2D eigenvalue weighted by Crippen LogP contribution is 2.59. The summed E-state index contributed by atoms with van der Waals surface area (Å²) in [5, 5.41) is 10.7. The largest absolute Gasteiger partial charge is 0.390 e. The van der Waals surface area contributed by atoms with Gasteiger partial charge in [-0.15, -0.1) is 0 Å². The standard InChI is InChI=1S/C19H26O/c1-13(15-5-3-2-4-6-15)7-18-16-8-14-9-17(18)12-19(20,10-14)11-16/h2-6,13-14,16-18,20H,7-12H2,1H3/t13-,14?,16?,17?,18?,19?/m1/s1. The SMILES string of the molecule is C[C@H](CC1C2CC3CC1CC(O)(C3)C2)c1ccccc1. The first-order valence-corrected chi connectivity index (χ1v) is 8.40. The summed E-state index contributed by atoms with van der Waals surface area (Å²) < 4.78 is 0. The van der Waals surface area contributed by atoms with Crippen LogP contribution in [0.25, 0.3) is 0 Å². The summed E-state index contributed by atoms with van der Waals surface area (Å²) in [5.41, 5.74) is 1.21. The van der Waals surface area contributed by atoms with Gasteiger partial charge in [0.2, 0.25) is 0 Å². The molecule has 1 N–H and O–H groups in total. The maximum atomic E-state index is 10.7. The van der Waals surface area contributed by atoms with Gasteiger partial charge in [-0.25, -0.2) is 0 Å². The average molecular weight is 270 g/mol. The van der Waals surface area contributed by atoms with E-state index in [0.717, 1.165) is 42.9 Å². The minimum atomic E-state index is -0.275. The van der Waals surface area contributed by atoms with Crippen LogP contribution in [0, 0.1) is 23.7 Å². The Bertz CT molecular complexity index is 464. The Morgan fingerprint density at radius 1 is 1.10 bits per heavy atom. The minimum Gasteiger partial charge on any atom is -0.390 e. The van der Waals surface area contributed by atoms with Crippen molar-refractivity contribution in [3.05, 3.63) is 35.9 Å². The van der Waals surface area contributed by atoms with Gasteiger partial charge in [0.25, 0.3) is 0 Å². The lowest BCUT2D eigenvalue weighted by Crippen LogP contribution is -2.54. The molecule has 0 aliphatic heterocycles. The van der Waals surface area contributed by atoms with Crippen molar-refractivity contribution >= 4 is 0 Å². The number of aliphatic hydroxyl groups is 1. The van der Waals surface area contributed by atoms with Crippen molar-refractivity contribution in [1.82, 2.24) is 0 Å². The monoisotopic (exact) mass is 270 g/mol. The molecule has 1 aromatic carbocycles. The fourth-order valence-corrected chi connectivity index (χ4v) is 5.80. The molecule has 4 fully saturated rings. The molecule has 1 nitrogen and oxygen atoms in total. The second-order valence-electron chi connectivity index (χ2n) is 7.91. The smallest absolute Gasteiger partial charge is 0.0656 e. The topological polar surface area (TPSA) is 20.2 Å². The van der Waals surface area contributed by atoms with Crippen molar-refractivity contribution in [1.29, 1.82) is 0 Å². The van der Waals surface area contributed by atoms with Crippen LogP contribution in [0.2, 0.25) is 0 Å². The molecule has 4 saturated carbocycles. The molecule has 4 aliphatic rings. The Morgan fingerprint density at radius 3 is 2.35 bits per heavy atom. The molecular weight excluding hydrogens is 244 g/mol. The molecule has 2 unspecified atom stereocenters. The van der Waals surface area contributed by atoms with Gasteiger partial charge in [-0.2, -0.15) is 0 Å². The van der Waals surface area contributed by atoms with Gasteiger partial charge in [0.15, 0.2) is 0 Å². The molecule has 20 heavy (non-hydrogen) atoms. The summed E-state index contributed by atoms with van der Waals surface area (Å²) in [6.45, 7) is 2.38. The molecule has 0 amide bonds. The molecule has 1 heteroatoms. The highest BCUT2D eigenvalue weighted by molar-refractivity contribution is 5.19. The lowest BCUT2D eigenvalue weighted by Gasteiger charge is -2.58. The third-order valence-electron chi connectivity index (χ3n) is 6.43. The van der Waals surface area contributed by atoms with Crippen molar-refractivity contribution < 1.29 is 5.11 Å². The number of benzene rings is 1. The van der Waals surface area contributed by atoms with Gasteiger partial charge in [0, 0.05) is 0 Å². The summed E-state index contributed by atoms with van der Waals surface area (Å²) in [6, 6.07) is 11.0. The maximum Gasteiger partial charge on any atom is 0.0656 e. The highest BCUT2D eigenvalue weighted by Gasteiger charge is 2.54. The van der Waals surface area contributed by atoms with E-state index >= 15 is 0 Å². The number of rotatable bonds is 3. The summed E-state index contributed by atoms with van der Waals surface area (Å²) in [7, 11) is 0. The Labute approximate surface area is 122 Å². The molecule has 0 saturated heterocycles. The zero-order valence-electron chi connectivity index (χ0n) is 12.5. The van der Waals surface area contributed by atoms with Gasteiger partial charge >= 0.3 is 0 Å².